The number of rotatable bonds is 4. The molecule has 0 N–H and O–H groups in total. The lowest BCUT2D eigenvalue weighted by Gasteiger charge is -2.36. The Kier molecular flexibility index (Phi) is 4.63. The lowest BCUT2D eigenvalue weighted by atomic mass is 10.1. The zero-order chi connectivity index (χ0) is 17.1. The second-order valence-corrected chi connectivity index (χ2v) is 6.49. The van der Waals surface area contributed by atoms with Crippen LogP contribution >= 0.6 is 0 Å². The van der Waals surface area contributed by atoms with E-state index in [1.165, 1.54) is 5.56 Å². The first-order valence-electron chi connectivity index (χ1n) is 8.79. The molecule has 2 aromatic rings. The van der Waals surface area contributed by atoms with E-state index in [0.29, 0.717) is 5.56 Å². The summed E-state index contributed by atoms with van der Waals surface area (Å²) >= 11 is 0. The maximum Gasteiger partial charge on any atom is 0.340 e. The third-order valence-corrected chi connectivity index (χ3v) is 4.88. The van der Waals surface area contributed by atoms with Crippen molar-refractivity contribution in [2.24, 2.45) is 0 Å². The highest BCUT2D eigenvalue weighted by atomic mass is 16.6. The van der Waals surface area contributed by atoms with Gasteiger partial charge in [-0.25, -0.2) is 4.79 Å². The molecule has 4 heteroatoms. The molecule has 2 aliphatic heterocycles. The lowest BCUT2D eigenvalue weighted by molar-refractivity contribution is -0.0398. The fourth-order valence-corrected chi connectivity index (χ4v) is 3.48. The topological polar surface area (TPSA) is 32.8 Å². The Balaban J connectivity index is 1.32. The van der Waals surface area contributed by atoms with Gasteiger partial charge in [-0.3, -0.25) is 9.80 Å². The standard InChI is InChI=1S/C21H22N2O2/c24-21-19-11-5-4-10-18(19)20(25-21)23-15-13-22(14-16-23)12-6-9-17-7-2-1-3-8-17/h1-11,20H,12-16H2/b9-6+. The van der Waals surface area contributed by atoms with Crippen LogP contribution in [0.4, 0.5) is 0 Å². The average molecular weight is 334 g/mol. The van der Waals surface area contributed by atoms with E-state index in [1.807, 2.05) is 30.3 Å². The normalized spacial score (nSPS) is 21.4. The van der Waals surface area contributed by atoms with Crippen LogP contribution in [0.5, 0.6) is 0 Å². The van der Waals surface area contributed by atoms with Crippen LogP contribution in [0.3, 0.4) is 0 Å². The Hall–Kier alpha value is -2.43. The zero-order valence-electron chi connectivity index (χ0n) is 14.2. The quantitative estimate of drug-likeness (QED) is 0.804. The highest BCUT2D eigenvalue weighted by Crippen LogP contribution is 2.33. The molecule has 1 unspecified atom stereocenters. The van der Waals surface area contributed by atoms with Crippen LogP contribution in [0.1, 0.15) is 27.7 Å². The zero-order valence-corrected chi connectivity index (χ0v) is 14.2. The van der Waals surface area contributed by atoms with Crippen LogP contribution in [0.2, 0.25) is 0 Å². The number of ether oxygens (including phenoxy) is 1. The van der Waals surface area contributed by atoms with Crippen molar-refractivity contribution in [3.63, 3.8) is 0 Å². The maximum absolute atomic E-state index is 12.0. The minimum Gasteiger partial charge on any atom is -0.438 e. The number of cyclic esters (lactones) is 1. The van der Waals surface area contributed by atoms with Gasteiger partial charge in [-0.1, -0.05) is 60.7 Å². The van der Waals surface area contributed by atoms with E-state index >= 15 is 0 Å². The van der Waals surface area contributed by atoms with Crippen molar-refractivity contribution in [1.29, 1.82) is 0 Å². The van der Waals surface area contributed by atoms with Crippen molar-refractivity contribution in [2.75, 3.05) is 32.7 Å². The van der Waals surface area contributed by atoms with E-state index in [-0.39, 0.29) is 12.2 Å². The predicted molar refractivity (Wildman–Crippen MR) is 98.1 cm³/mol. The number of piperazine rings is 1. The molecule has 1 fully saturated rings. The summed E-state index contributed by atoms with van der Waals surface area (Å²) in [7, 11) is 0. The molecule has 0 radical (unpaired) electrons. The Bertz CT molecular complexity index is 764. The van der Waals surface area contributed by atoms with Gasteiger partial charge in [0.1, 0.15) is 0 Å². The molecule has 128 valence electrons. The van der Waals surface area contributed by atoms with Crippen molar-refractivity contribution in [3.8, 4) is 0 Å². The summed E-state index contributed by atoms with van der Waals surface area (Å²) in [5.41, 5.74) is 2.95. The second-order valence-electron chi connectivity index (χ2n) is 6.49. The number of nitrogens with zero attached hydrogens (tertiary/aromatic N) is 2. The monoisotopic (exact) mass is 334 g/mol. The van der Waals surface area contributed by atoms with Crippen LogP contribution in [0, 0.1) is 0 Å². The van der Waals surface area contributed by atoms with Gasteiger partial charge in [0.15, 0.2) is 6.23 Å². The third kappa shape index (κ3) is 3.50. The van der Waals surface area contributed by atoms with Gasteiger partial charge in [-0.15, -0.1) is 0 Å². The number of hydrogen-bond acceptors (Lipinski definition) is 4. The maximum atomic E-state index is 12.0. The summed E-state index contributed by atoms with van der Waals surface area (Å²) in [6.45, 7) is 4.73. The summed E-state index contributed by atoms with van der Waals surface area (Å²) in [5.74, 6) is -0.200. The molecule has 1 atom stereocenters. The molecule has 1 saturated heterocycles. The van der Waals surface area contributed by atoms with Gasteiger partial charge in [-0.05, 0) is 11.6 Å². The van der Waals surface area contributed by atoms with Crippen LogP contribution in [0.15, 0.2) is 60.7 Å². The molecule has 2 aromatic carbocycles. The highest BCUT2D eigenvalue weighted by Gasteiger charge is 2.35. The molecule has 4 rings (SSSR count). The summed E-state index contributed by atoms with van der Waals surface area (Å²) in [6, 6.07) is 18.1. The van der Waals surface area contributed by atoms with Crippen molar-refractivity contribution in [3.05, 3.63) is 77.4 Å². The highest BCUT2D eigenvalue weighted by molar-refractivity contribution is 5.93. The third-order valence-electron chi connectivity index (χ3n) is 4.88. The second kappa shape index (κ2) is 7.21. The molecule has 0 bridgehead atoms. The first-order chi connectivity index (χ1) is 12.3. The molecule has 0 amide bonds. The van der Waals surface area contributed by atoms with E-state index < -0.39 is 0 Å². The first kappa shape index (κ1) is 16.1. The molecule has 25 heavy (non-hydrogen) atoms. The van der Waals surface area contributed by atoms with Crippen LogP contribution in [0.25, 0.3) is 6.08 Å². The molecule has 2 heterocycles. The number of fused-ring (bicyclic) bond motifs is 1. The molecule has 0 aliphatic carbocycles. The number of carbonyl (C=O) groups excluding carboxylic acids is 1. The minimum atomic E-state index is -0.217. The Morgan fingerprint density at radius 3 is 2.48 bits per heavy atom. The van der Waals surface area contributed by atoms with Gasteiger partial charge in [0.05, 0.1) is 5.56 Å². The van der Waals surface area contributed by atoms with Gasteiger partial charge in [0.2, 0.25) is 0 Å². The number of carbonyl (C=O) groups is 1. The average Bonchev–Trinajstić information content (AvgIpc) is 3.00. The number of benzene rings is 2. The van der Waals surface area contributed by atoms with Gasteiger partial charge in [0, 0.05) is 38.3 Å². The Morgan fingerprint density at radius 1 is 0.960 bits per heavy atom. The summed E-state index contributed by atoms with van der Waals surface area (Å²) in [6.07, 6.45) is 4.17. The molecule has 0 saturated carbocycles. The van der Waals surface area contributed by atoms with Crippen molar-refractivity contribution in [2.45, 2.75) is 6.23 Å². The van der Waals surface area contributed by atoms with Crippen molar-refractivity contribution < 1.29 is 9.53 Å². The van der Waals surface area contributed by atoms with Gasteiger partial charge in [0.25, 0.3) is 0 Å². The predicted octanol–water partition coefficient (Wildman–Crippen LogP) is 3.19. The lowest BCUT2D eigenvalue weighted by Crippen LogP contribution is -2.47. The molecule has 0 aromatic heterocycles. The number of hydrogen-bond donors (Lipinski definition) is 0. The molecular formula is C21H22N2O2. The summed E-state index contributed by atoms with van der Waals surface area (Å²) in [5, 5.41) is 0. The molecule has 2 aliphatic rings. The van der Waals surface area contributed by atoms with Crippen LogP contribution < -0.4 is 0 Å². The summed E-state index contributed by atoms with van der Waals surface area (Å²) < 4.78 is 5.60. The van der Waals surface area contributed by atoms with Crippen molar-refractivity contribution in [1.82, 2.24) is 9.80 Å². The van der Waals surface area contributed by atoms with E-state index in [4.69, 9.17) is 4.74 Å². The van der Waals surface area contributed by atoms with Crippen LogP contribution in [-0.2, 0) is 4.74 Å². The summed E-state index contributed by atoms with van der Waals surface area (Å²) in [4.78, 5) is 16.7. The Morgan fingerprint density at radius 2 is 1.68 bits per heavy atom. The van der Waals surface area contributed by atoms with Crippen molar-refractivity contribution >= 4 is 12.0 Å². The van der Waals surface area contributed by atoms with Gasteiger partial charge >= 0.3 is 5.97 Å². The minimum absolute atomic E-state index is 0.200. The van der Waals surface area contributed by atoms with Gasteiger partial charge < -0.3 is 4.74 Å². The fraction of sp³-hybridized carbons (Fsp3) is 0.286. The fourth-order valence-electron chi connectivity index (χ4n) is 3.48. The smallest absolute Gasteiger partial charge is 0.340 e. The molecule has 4 nitrogen and oxygen atoms in total. The van der Waals surface area contributed by atoms with E-state index in [0.717, 1.165) is 38.3 Å². The first-order valence-corrected chi connectivity index (χ1v) is 8.79. The molecular weight excluding hydrogens is 312 g/mol. The van der Waals surface area contributed by atoms with Gasteiger partial charge in [-0.2, -0.15) is 0 Å². The van der Waals surface area contributed by atoms with E-state index in [2.05, 4.69) is 46.2 Å². The largest absolute Gasteiger partial charge is 0.438 e. The molecule has 0 spiro atoms. The SMILES string of the molecule is O=C1OC(N2CCN(C/C=C/c3ccccc3)CC2)c2ccccc21. The van der Waals surface area contributed by atoms with E-state index in [9.17, 15) is 4.79 Å². The Labute approximate surface area is 148 Å². The van der Waals surface area contributed by atoms with Crippen LogP contribution in [-0.4, -0.2) is 48.5 Å². The number of esters is 1. The van der Waals surface area contributed by atoms with E-state index in [1.54, 1.807) is 0 Å².